The van der Waals surface area contributed by atoms with Gasteiger partial charge in [0.15, 0.2) is 0 Å². The molecule has 0 radical (unpaired) electrons. The number of esters is 1. The zero-order chi connectivity index (χ0) is 23.5. The molecule has 6 nitrogen and oxygen atoms in total. The largest absolute Gasteiger partial charge is 0.507 e. The Morgan fingerprint density at radius 2 is 1.58 bits per heavy atom. The van der Waals surface area contributed by atoms with Gasteiger partial charge in [-0.15, -0.1) is 0 Å². The van der Waals surface area contributed by atoms with Crippen LogP contribution < -0.4 is 4.90 Å². The molecule has 0 aromatic heterocycles. The predicted octanol–water partition coefficient (Wildman–Crippen LogP) is 4.63. The number of rotatable bonds is 5. The molecule has 1 saturated heterocycles. The van der Waals surface area contributed by atoms with Crippen LogP contribution in [-0.2, 0) is 14.3 Å². The third-order valence-corrected chi connectivity index (χ3v) is 5.33. The molecule has 7 heteroatoms. The Morgan fingerprint density at radius 1 is 0.939 bits per heavy atom. The van der Waals surface area contributed by atoms with E-state index in [1.807, 2.05) is 0 Å². The van der Waals surface area contributed by atoms with E-state index < -0.39 is 29.5 Å². The summed E-state index contributed by atoms with van der Waals surface area (Å²) in [4.78, 5) is 39.4. The van der Waals surface area contributed by atoms with Gasteiger partial charge in [0.25, 0.3) is 11.7 Å². The molecule has 33 heavy (non-hydrogen) atoms. The third-order valence-electron chi connectivity index (χ3n) is 5.33. The maximum absolute atomic E-state index is 13.6. The molecule has 0 aliphatic carbocycles. The molecule has 3 aromatic rings. The van der Waals surface area contributed by atoms with Crippen molar-refractivity contribution in [1.29, 1.82) is 0 Å². The molecule has 0 spiro atoms. The molecule has 1 aliphatic rings. The number of anilines is 1. The molecular formula is C26H20FNO5. The highest BCUT2D eigenvalue weighted by Gasteiger charge is 2.47. The van der Waals surface area contributed by atoms with E-state index in [1.54, 1.807) is 37.3 Å². The lowest BCUT2D eigenvalue weighted by molar-refractivity contribution is -0.132. The second-order valence-electron chi connectivity index (χ2n) is 7.35. The van der Waals surface area contributed by atoms with Gasteiger partial charge in [-0.2, -0.15) is 0 Å². The number of carbonyl (C=O) groups is 3. The van der Waals surface area contributed by atoms with Crippen LogP contribution in [0.2, 0.25) is 0 Å². The van der Waals surface area contributed by atoms with Crippen LogP contribution in [0.25, 0.3) is 5.76 Å². The fraction of sp³-hybridized carbons (Fsp3) is 0.115. The number of carbonyl (C=O) groups excluding carboxylic acids is 3. The average molecular weight is 445 g/mol. The predicted molar refractivity (Wildman–Crippen MR) is 120 cm³/mol. The number of Topliss-reactive ketones (excluding diaryl/α,β-unsaturated/α-hetero) is 1. The van der Waals surface area contributed by atoms with E-state index in [4.69, 9.17) is 4.74 Å². The topological polar surface area (TPSA) is 83.9 Å². The van der Waals surface area contributed by atoms with Crippen molar-refractivity contribution in [3.63, 3.8) is 0 Å². The molecule has 4 rings (SSSR count). The van der Waals surface area contributed by atoms with E-state index >= 15 is 0 Å². The molecule has 1 heterocycles. The minimum Gasteiger partial charge on any atom is -0.507 e. The van der Waals surface area contributed by atoms with Crippen LogP contribution in [0.3, 0.4) is 0 Å². The molecule has 3 aromatic carbocycles. The number of hydrogen-bond donors (Lipinski definition) is 1. The first-order valence-electron chi connectivity index (χ1n) is 10.3. The summed E-state index contributed by atoms with van der Waals surface area (Å²) >= 11 is 0. The highest BCUT2D eigenvalue weighted by atomic mass is 19.1. The molecule has 1 aliphatic heterocycles. The number of ether oxygens (including phenoxy) is 1. The van der Waals surface area contributed by atoms with Crippen LogP contribution in [-0.4, -0.2) is 29.4 Å². The van der Waals surface area contributed by atoms with Crippen LogP contribution in [0.15, 0.2) is 84.4 Å². The Kier molecular flexibility index (Phi) is 6.04. The number of nitrogens with zero attached hydrogens (tertiary/aromatic N) is 1. The van der Waals surface area contributed by atoms with Crippen molar-refractivity contribution in [3.8, 4) is 0 Å². The van der Waals surface area contributed by atoms with Crippen molar-refractivity contribution in [2.45, 2.75) is 13.0 Å². The lowest BCUT2D eigenvalue weighted by atomic mass is 9.95. The van der Waals surface area contributed by atoms with Crippen LogP contribution in [0.4, 0.5) is 10.1 Å². The van der Waals surface area contributed by atoms with Gasteiger partial charge in [0.2, 0.25) is 0 Å². The molecule has 0 saturated carbocycles. The minimum absolute atomic E-state index is 0.104. The first kappa shape index (κ1) is 22.0. The zero-order valence-corrected chi connectivity index (χ0v) is 17.7. The van der Waals surface area contributed by atoms with Crippen LogP contribution in [0.5, 0.6) is 0 Å². The number of ketones is 1. The Hall–Kier alpha value is -4.26. The monoisotopic (exact) mass is 445 g/mol. The fourth-order valence-corrected chi connectivity index (χ4v) is 3.78. The normalized spacial score (nSPS) is 17.3. The molecule has 1 amide bonds. The second kappa shape index (κ2) is 9.08. The van der Waals surface area contributed by atoms with Crippen molar-refractivity contribution in [2.24, 2.45) is 0 Å². The smallest absolute Gasteiger partial charge is 0.338 e. The van der Waals surface area contributed by atoms with Crippen LogP contribution in [0.1, 0.15) is 34.5 Å². The molecule has 0 unspecified atom stereocenters. The highest BCUT2D eigenvalue weighted by Crippen LogP contribution is 2.42. The van der Waals surface area contributed by atoms with Crippen molar-refractivity contribution in [1.82, 2.24) is 0 Å². The molecule has 166 valence electrons. The Morgan fingerprint density at radius 3 is 2.18 bits per heavy atom. The van der Waals surface area contributed by atoms with Gasteiger partial charge in [-0.3, -0.25) is 14.5 Å². The summed E-state index contributed by atoms with van der Waals surface area (Å²) in [5.74, 6) is -3.01. The second-order valence-corrected chi connectivity index (χ2v) is 7.35. The molecule has 0 bridgehead atoms. The van der Waals surface area contributed by atoms with Gasteiger partial charge < -0.3 is 9.84 Å². The summed E-state index contributed by atoms with van der Waals surface area (Å²) in [5.41, 5.74) is 1.35. The summed E-state index contributed by atoms with van der Waals surface area (Å²) in [6.45, 7) is 1.92. The molecule has 1 atom stereocenters. The van der Waals surface area contributed by atoms with Crippen molar-refractivity contribution < 1.29 is 28.6 Å². The zero-order valence-electron chi connectivity index (χ0n) is 17.7. The number of aliphatic hydroxyl groups excluding tert-OH is 1. The van der Waals surface area contributed by atoms with Gasteiger partial charge in [-0.1, -0.05) is 42.5 Å². The summed E-state index contributed by atoms with van der Waals surface area (Å²) in [6, 6.07) is 18.8. The van der Waals surface area contributed by atoms with E-state index in [0.717, 1.165) is 0 Å². The SMILES string of the molecule is CCOC(=O)c1ccc(N2C(=O)C(=O)/C(=C(/O)c3ccccc3)[C@H]2c2ccc(F)cc2)cc1. The Balaban J connectivity index is 1.85. The first-order chi connectivity index (χ1) is 15.9. The Labute approximate surface area is 189 Å². The van der Waals surface area contributed by atoms with Gasteiger partial charge in [-0.05, 0) is 48.9 Å². The first-order valence-corrected chi connectivity index (χ1v) is 10.3. The standard InChI is InChI=1S/C26H20FNO5/c1-2-33-26(32)18-10-14-20(15-11-18)28-22(16-8-12-19(27)13-9-16)21(24(30)25(28)31)23(29)17-6-4-3-5-7-17/h3-15,22,29H,2H2,1H3/b23-21+/t22-/m1/s1. The third kappa shape index (κ3) is 4.13. The summed E-state index contributed by atoms with van der Waals surface area (Å²) < 4.78 is 18.6. The number of amides is 1. The minimum atomic E-state index is -0.987. The maximum Gasteiger partial charge on any atom is 0.338 e. The van der Waals surface area contributed by atoms with Crippen LogP contribution in [0, 0.1) is 5.82 Å². The maximum atomic E-state index is 13.6. The van der Waals surface area contributed by atoms with Crippen molar-refractivity contribution >= 4 is 29.1 Å². The average Bonchev–Trinajstić information content (AvgIpc) is 3.10. The molecular weight excluding hydrogens is 425 g/mol. The van der Waals surface area contributed by atoms with Crippen molar-refractivity contribution in [2.75, 3.05) is 11.5 Å². The van der Waals surface area contributed by atoms with Gasteiger partial charge in [-0.25, -0.2) is 9.18 Å². The van der Waals surface area contributed by atoms with Gasteiger partial charge >= 0.3 is 5.97 Å². The van der Waals surface area contributed by atoms with Gasteiger partial charge in [0.05, 0.1) is 23.8 Å². The lowest BCUT2D eigenvalue weighted by Gasteiger charge is -2.25. The van der Waals surface area contributed by atoms with Crippen LogP contribution >= 0.6 is 0 Å². The van der Waals surface area contributed by atoms with Gasteiger partial charge in [0.1, 0.15) is 11.6 Å². The summed E-state index contributed by atoms with van der Waals surface area (Å²) in [7, 11) is 0. The number of hydrogen-bond acceptors (Lipinski definition) is 5. The van der Waals surface area contributed by atoms with Gasteiger partial charge in [0, 0.05) is 11.3 Å². The Bertz CT molecular complexity index is 1230. The van der Waals surface area contributed by atoms with E-state index in [1.165, 1.54) is 53.4 Å². The van der Waals surface area contributed by atoms with E-state index in [0.29, 0.717) is 22.4 Å². The molecule has 1 N–H and O–H groups in total. The van der Waals surface area contributed by atoms with E-state index in [2.05, 4.69) is 0 Å². The quantitative estimate of drug-likeness (QED) is 0.268. The highest BCUT2D eigenvalue weighted by molar-refractivity contribution is 6.51. The summed E-state index contributed by atoms with van der Waals surface area (Å²) in [6.07, 6.45) is 0. The number of halogens is 1. The van der Waals surface area contributed by atoms with E-state index in [-0.39, 0.29) is 17.9 Å². The fourth-order valence-electron chi connectivity index (χ4n) is 3.78. The molecule has 1 fully saturated rings. The lowest BCUT2D eigenvalue weighted by Crippen LogP contribution is -2.29. The number of benzene rings is 3. The summed E-state index contributed by atoms with van der Waals surface area (Å²) in [5, 5.41) is 11.0. The number of aliphatic hydroxyl groups is 1. The van der Waals surface area contributed by atoms with Crippen molar-refractivity contribution in [3.05, 3.63) is 107 Å². The van der Waals surface area contributed by atoms with E-state index in [9.17, 15) is 23.9 Å².